The third kappa shape index (κ3) is 5.66. The van der Waals surface area contributed by atoms with Gasteiger partial charge < -0.3 is 5.11 Å². The van der Waals surface area contributed by atoms with Crippen LogP contribution in [-0.2, 0) is 27.9 Å². The molecule has 9 nitrogen and oxygen atoms in total. The molecule has 2 heterocycles. The predicted octanol–water partition coefficient (Wildman–Crippen LogP) is 4.31. The number of hydrogen-bond acceptors (Lipinski definition) is 6. The van der Waals surface area contributed by atoms with Gasteiger partial charge in [0.25, 0.3) is 0 Å². The van der Waals surface area contributed by atoms with Crippen molar-refractivity contribution in [3.63, 3.8) is 0 Å². The number of halogens is 2. The van der Waals surface area contributed by atoms with E-state index in [0.29, 0.717) is 28.2 Å². The second kappa shape index (κ2) is 10.2. The summed E-state index contributed by atoms with van der Waals surface area (Å²) in [6.07, 6.45) is 4.30. The molecule has 0 bridgehead atoms. The van der Waals surface area contributed by atoms with Crippen LogP contribution >= 0.6 is 0 Å². The summed E-state index contributed by atoms with van der Waals surface area (Å²) in [4.78, 5) is 3.88. The predicted molar refractivity (Wildman–Crippen MR) is 142 cm³/mol. The van der Waals surface area contributed by atoms with Gasteiger partial charge in [0.1, 0.15) is 29.9 Å². The van der Waals surface area contributed by atoms with Gasteiger partial charge in [0.05, 0.1) is 23.9 Å². The molecular formula is C27H26F2N6O3S. The lowest BCUT2D eigenvalue weighted by atomic mass is 9.86. The van der Waals surface area contributed by atoms with Crippen molar-refractivity contribution in [2.24, 2.45) is 0 Å². The number of aliphatic hydroxyl groups is 1. The number of anilines is 1. The number of fused-ring (bicyclic) bond motifs is 1. The van der Waals surface area contributed by atoms with Crippen LogP contribution in [-0.4, -0.2) is 38.1 Å². The van der Waals surface area contributed by atoms with E-state index in [2.05, 4.69) is 19.9 Å². The summed E-state index contributed by atoms with van der Waals surface area (Å²) in [5.41, 5.74) is 0.498. The minimum Gasteiger partial charge on any atom is -0.381 e. The van der Waals surface area contributed by atoms with Crippen LogP contribution in [0.4, 0.5) is 14.5 Å². The van der Waals surface area contributed by atoms with Crippen molar-refractivity contribution in [1.29, 1.82) is 0 Å². The third-order valence-corrected chi connectivity index (χ3v) is 7.85. The fraction of sp³-hybridized carbons (Fsp3) is 0.222. The molecule has 3 aromatic carbocycles. The number of benzene rings is 3. The maximum atomic E-state index is 14.9. The Hall–Kier alpha value is -4.16. The Morgan fingerprint density at radius 3 is 2.64 bits per heavy atom. The number of hydrogen-bond donors (Lipinski definition) is 2. The second-order valence-corrected chi connectivity index (χ2v) is 11.3. The molecule has 39 heavy (non-hydrogen) atoms. The molecule has 5 aromatic rings. The number of aromatic nitrogens is 5. The molecule has 2 atom stereocenters. The first-order chi connectivity index (χ1) is 18.5. The molecule has 2 aromatic heterocycles. The lowest BCUT2D eigenvalue weighted by Gasteiger charge is -2.34. The highest BCUT2D eigenvalue weighted by atomic mass is 32.2. The largest absolute Gasteiger partial charge is 0.381 e. The van der Waals surface area contributed by atoms with E-state index < -0.39 is 33.3 Å². The molecule has 0 spiro atoms. The summed E-state index contributed by atoms with van der Waals surface area (Å²) in [5, 5.41) is 21.0. The second-order valence-electron chi connectivity index (χ2n) is 9.55. The van der Waals surface area contributed by atoms with E-state index in [0.717, 1.165) is 11.6 Å². The maximum absolute atomic E-state index is 14.9. The zero-order valence-corrected chi connectivity index (χ0v) is 22.0. The monoisotopic (exact) mass is 552 g/mol. The molecule has 0 amide bonds. The summed E-state index contributed by atoms with van der Waals surface area (Å²) < 4.78 is 59.5. The van der Waals surface area contributed by atoms with Crippen LogP contribution in [0.25, 0.3) is 10.9 Å². The van der Waals surface area contributed by atoms with Gasteiger partial charge in [0.2, 0.25) is 10.0 Å². The molecule has 0 radical (unpaired) electrons. The topological polar surface area (TPSA) is 115 Å². The highest BCUT2D eigenvalue weighted by molar-refractivity contribution is 7.91. The zero-order valence-electron chi connectivity index (χ0n) is 21.2. The molecule has 5 rings (SSSR count). The molecule has 2 N–H and O–H groups in total. The van der Waals surface area contributed by atoms with Crippen molar-refractivity contribution in [2.45, 2.75) is 37.8 Å². The van der Waals surface area contributed by atoms with E-state index in [-0.39, 0.29) is 17.9 Å². The number of rotatable bonds is 9. The fourth-order valence-corrected chi connectivity index (χ4v) is 5.78. The van der Waals surface area contributed by atoms with Gasteiger partial charge in [-0.2, -0.15) is 10.2 Å². The van der Waals surface area contributed by atoms with Crippen molar-refractivity contribution in [2.75, 3.05) is 4.72 Å². The Kier molecular flexibility index (Phi) is 6.91. The fourth-order valence-electron chi connectivity index (χ4n) is 4.61. The molecule has 0 saturated heterocycles. The summed E-state index contributed by atoms with van der Waals surface area (Å²) in [6, 6.07) is 14.3. The van der Waals surface area contributed by atoms with Crippen LogP contribution in [0.15, 0.2) is 79.5 Å². The van der Waals surface area contributed by atoms with Gasteiger partial charge in [0.15, 0.2) is 0 Å². The first-order valence-electron chi connectivity index (χ1n) is 12.1. The number of nitrogens with zero attached hydrogens (tertiary/aromatic N) is 5. The minimum absolute atomic E-state index is 0.129. The molecule has 0 fully saturated rings. The highest BCUT2D eigenvalue weighted by Crippen LogP contribution is 2.37. The smallest absolute Gasteiger partial charge is 0.236 e. The normalized spacial score (nSPS) is 14.3. The number of nitrogens with one attached hydrogen (secondary N) is 1. The summed E-state index contributed by atoms with van der Waals surface area (Å²) >= 11 is 0. The third-order valence-electron chi connectivity index (χ3n) is 6.59. The molecule has 12 heteroatoms. The molecule has 0 aliphatic rings. The maximum Gasteiger partial charge on any atom is 0.236 e. The van der Waals surface area contributed by atoms with Crippen molar-refractivity contribution < 1.29 is 22.3 Å². The van der Waals surface area contributed by atoms with Gasteiger partial charge in [0, 0.05) is 28.9 Å². The summed E-state index contributed by atoms with van der Waals surface area (Å²) in [5.74, 6) is -1.86. The molecular weight excluding hydrogens is 526 g/mol. The zero-order chi connectivity index (χ0) is 27.8. The van der Waals surface area contributed by atoms with Gasteiger partial charge >= 0.3 is 0 Å². The lowest BCUT2D eigenvalue weighted by molar-refractivity contribution is -0.0366. The Morgan fingerprint density at radius 2 is 1.92 bits per heavy atom. The van der Waals surface area contributed by atoms with Gasteiger partial charge in [-0.3, -0.25) is 9.40 Å². The summed E-state index contributed by atoms with van der Waals surface area (Å²) in [6.45, 7) is 3.36. The van der Waals surface area contributed by atoms with E-state index in [9.17, 15) is 22.3 Å². The molecule has 0 aliphatic carbocycles. The van der Waals surface area contributed by atoms with Crippen molar-refractivity contribution in [3.8, 4) is 0 Å². The molecule has 0 saturated carbocycles. The first kappa shape index (κ1) is 26.4. The van der Waals surface area contributed by atoms with E-state index in [4.69, 9.17) is 0 Å². The standard InChI is InChI=1S/C27H26F2N6O3S/c1-18-4-3-5-20(10-18)14-39(37,38)33-23-7-9-26-21(11-23)13-35(32-26)19(2)27(36,15-34-17-30-16-31-34)24-8-6-22(28)12-25(24)29/h3-13,16-17,19,33,36H,14-15H2,1-2H3/t19-,27-/m1/s1. The van der Waals surface area contributed by atoms with Gasteiger partial charge in [-0.25, -0.2) is 26.9 Å². The van der Waals surface area contributed by atoms with Crippen LogP contribution in [0.1, 0.15) is 29.7 Å². The number of aryl methyl sites for hydroxylation is 1. The Balaban J connectivity index is 1.45. The minimum atomic E-state index is -3.68. The average molecular weight is 553 g/mol. The average Bonchev–Trinajstić information content (AvgIpc) is 3.52. The Bertz CT molecular complexity index is 1740. The van der Waals surface area contributed by atoms with Gasteiger partial charge in [-0.05, 0) is 43.7 Å². The van der Waals surface area contributed by atoms with E-state index in [1.807, 2.05) is 25.1 Å². The van der Waals surface area contributed by atoms with Crippen molar-refractivity contribution >= 4 is 26.6 Å². The van der Waals surface area contributed by atoms with E-state index >= 15 is 0 Å². The first-order valence-corrected chi connectivity index (χ1v) is 13.7. The highest BCUT2D eigenvalue weighted by Gasteiger charge is 2.41. The molecule has 0 unspecified atom stereocenters. The van der Waals surface area contributed by atoms with Crippen LogP contribution in [0, 0.1) is 18.6 Å². The van der Waals surface area contributed by atoms with Crippen LogP contribution in [0.5, 0.6) is 0 Å². The SMILES string of the molecule is Cc1cccc(CS(=O)(=O)Nc2ccc3nn([C@H](C)[C@](O)(Cn4cncn4)c4ccc(F)cc4F)cc3c2)c1. The van der Waals surface area contributed by atoms with Crippen LogP contribution in [0.2, 0.25) is 0 Å². The van der Waals surface area contributed by atoms with Gasteiger partial charge in [-0.15, -0.1) is 0 Å². The number of sulfonamides is 1. The summed E-state index contributed by atoms with van der Waals surface area (Å²) in [7, 11) is -3.68. The van der Waals surface area contributed by atoms with Crippen molar-refractivity contribution in [1.82, 2.24) is 24.5 Å². The van der Waals surface area contributed by atoms with E-state index in [1.54, 1.807) is 37.4 Å². The Labute approximate surface area is 223 Å². The van der Waals surface area contributed by atoms with Crippen LogP contribution in [0.3, 0.4) is 0 Å². The molecule has 202 valence electrons. The van der Waals surface area contributed by atoms with Crippen LogP contribution < -0.4 is 4.72 Å². The lowest BCUT2D eigenvalue weighted by Crippen LogP contribution is -2.40. The Morgan fingerprint density at radius 1 is 1.10 bits per heavy atom. The van der Waals surface area contributed by atoms with Gasteiger partial charge in [-0.1, -0.05) is 35.9 Å². The van der Waals surface area contributed by atoms with E-state index in [1.165, 1.54) is 28.1 Å². The van der Waals surface area contributed by atoms with Crippen molar-refractivity contribution in [3.05, 3.63) is 108 Å². The molecule has 0 aliphatic heterocycles. The quantitative estimate of drug-likeness (QED) is 0.282.